The molecule has 0 spiro atoms. The fourth-order valence-corrected chi connectivity index (χ4v) is 4.51. The minimum atomic E-state index is -4.05. The van der Waals surface area contributed by atoms with Crippen molar-refractivity contribution in [1.82, 2.24) is 10.2 Å². The van der Waals surface area contributed by atoms with Gasteiger partial charge in [-0.1, -0.05) is 17.4 Å². The van der Waals surface area contributed by atoms with Crippen LogP contribution in [-0.2, 0) is 10.1 Å². The molecule has 0 saturated heterocycles. The topological polar surface area (TPSA) is 107 Å². The molecule has 3 aromatic carbocycles. The van der Waals surface area contributed by atoms with Crippen LogP contribution in [0.4, 0.5) is 13.9 Å². The summed E-state index contributed by atoms with van der Waals surface area (Å²) in [6.07, 6.45) is 0. The number of aromatic nitrogens is 2. The number of carbonyl (C=O) groups excluding carboxylic acids is 1. The molecule has 0 aliphatic heterocycles. The summed E-state index contributed by atoms with van der Waals surface area (Å²) in [6, 6.07) is 14.8. The van der Waals surface area contributed by atoms with Gasteiger partial charge in [-0.2, -0.15) is 8.42 Å². The number of halogens is 2. The zero-order chi connectivity index (χ0) is 24.3. The molecule has 4 rings (SSSR count). The van der Waals surface area contributed by atoms with Crippen LogP contribution < -0.4 is 14.2 Å². The lowest BCUT2D eigenvalue weighted by atomic mass is 10.2. The van der Waals surface area contributed by atoms with Crippen LogP contribution in [0.25, 0.3) is 10.6 Å². The monoisotopic (exact) mass is 503 g/mol. The highest BCUT2D eigenvalue weighted by atomic mass is 32.2. The van der Waals surface area contributed by atoms with Gasteiger partial charge in [0.25, 0.3) is 5.91 Å². The van der Waals surface area contributed by atoms with E-state index in [0.29, 0.717) is 16.3 Å². The van der Waals surface area contributed by atoms with E-state index in [2.05, 4.69) is 15.5 Å². The molecular weight excluding hydrogens is 488 g/mol. The Morgan fingerprint density at radius 2 is 1.53 bits per heavy atom. The van der Waals surface area contributed by atoms with E-state index in [1.165, 1.54) is 43.5 Å². The van der Waals surface area contributed by atoms with E-state index >= 15 is 0 Å². The summed E-state index contributed by atoms with van der Waals surface area (Å²) in [7, 11) is -2.58. The molecule has 0 atom stereocenters. The number of methoxy groups -OCH3 is 1. The van der Waals surface area contributed by atoms with Crippen molar-refractivity contribution in [2.24, 2.45) is 0 Å². The zero-order valence-electron chi connectivity index (χ0n) is 17.4. The summed E-state index contributed by atoms with van der Waals surface area (Å²) in [5.41, 5.74) is -0.164. The minimum absolute atomic E-state index is 0.0325. The Bertz CT molecular complexity index is 1420. The van der Waals surface area contributed by atoms with Gasteiger partial charge < -0.3 is 8.92 Å². The van der Waals surface area contributed by atoms with E-state index < -0.39 is 33.2 Å². The minimum Gasteiger partial charge on any atom is -0.497 e. The number of nitrogens with one attached hydrogen (secondary N) is 1. The molecule has 174 valence electrons. The normalized spacial score (nSPS) is 11.1. The molecule has 4 aromatic rings. The van der Waals surface area contributed by atoms with Gasteiger partial charge in [0.2, 0.25) is 5.13 Å². The Labute approximate surface area is 196 Å². The number of rotatable bonds is 7. The summed E-state index contributed by atoms with van der Waals surface area (Å²) in [6.45, 7) is 0. The molecule has 0 unspecified atom stereocenters. The van der Waals surface area contributed by atoms with Crippen LogP contribution in [-0.4, -0.2) is 31.6 Å². The van der Waals surface area contributed by atoms with E-state index in [9.17, 15) is 22.0 Å². The van der Waals surface area contributed by atoms with Crippen LogP contribution in [0, 0.1) is 11.6 Å². The SMILES string of the molecule is COc1ccc(S(=O)(=O)Oc2ccc(-c3nnc(NC(=O)c4c(F)cccc4F)s3)cc2)cc1. The van der Waals surface area contributed by atoms with Crippen molar-refractivity contribution in [3.8, 4) is 22.1 Å². The van der Waals surface area contributed by atoms with E-state index in [4.69, 9.17) is 8.92 Å². The fourth-order valence-electron chi connectivity index (χ4n) is 2.84. The smallest absolute Gasteiger partial charge is 0.339 e. The van der Waals surface area contributed by atoms with Gasteiger partial charge in [-0.3, -0.25) is 10.1 Å². The maximum Gasteiger partial charge on any atom is 0.339 e. The molecule has 0 aliphatic rings. The molecule has 0 bridgehead atoms. The number of ether oxygens (including phenoxy) is 1. The Hall–Kier alpha value is -3.90. The van der Waals surface area contributed by atoms with Crippen LogP contribution in [0.2, 0.25) is 0 Å². The molecule has 1 amide bonds. The highest BCUT2D eigenvalue weighted by molar-refractivity contribution is 7.87. The van der Waals surface area contributed by atoms with Crippen molar-refractivity contribution in [2.45, 2.75) is 4.90 Å². The number of nitrogens with zero attached hydrogens (tertiary/aromatic N) is 2. The maximum atomic E-state index is 13.8. The number of benzene rings is 3. The zero-order valence-corrected chi connectivity index (χ0v) is 19.0. The van der Waals surface area contributed by atoms with Gasteiger partial charge in [0.1, 0.15) is 38.6 Å². The van der Waals surface area contributed by atoms with Crippen LogP contribution in [0.1, 0.15) is 10.4 Å². The molecule has 1 aromatic heterocycles. The van der Waals surface area contributed by atoms with E-state index in [0.717, 1.165) is 29.5 Å². The fraction of sp³-hybridized carbons (Fsp3) is 0.0455. The molecule has 1 heterocycles. The summed E-state index contributed by atoms with van der Waals surface area (Å²) < 4.78 is 62.6. The second-order valence-electron chi connectivity index (χ2n) is 6.70. The van der Waals surface area contributed by atoms with E-state index in [1.807, 2.05) is 0 Å². The van der Waals surface area contributed by atoms with Gasteiger partial charge >= 0.3 is 10.1 Å². The first-order chi connectivity index (χ1) is 16.3. The average Bonchev–Trinajstić information content (AvgIpc) is 3.27. The standard InChI is InChI=1S/C22H15F2N3O5S2/c1-31-14-9-11-16(12-10-14)34(29,30)32-15-7-5-13(6-8-15)21-26-27-22(33-21)25-20(28)19-17(23)3-2-4-18(19)24/h2-12H,1H3,(H,25,27,28). The second-order valence-corrected chi connectivity index (χ2v) is 9.22. The lowest BCUT2D eigenvalue weighted by molar-refractivity contribution is 0.101. The molecule has 0 aliphatic carbocycles. The maximum absolute atomic E-state index is 13.8. The average molecular weight is 504 g/mol. The van der Waals surface area contributed by atoms with Crippen molar-refractivity contribution in [1.29, 1.82) is 0 Å². The quantitative estimate of drug-likeness (QED) is 0.370. The molecule has 0 saturated carbocycles. The predicted molar refractivity (Wildman–Crippen MR) is 120 cm³/mol. The van der Waals surface area contributed by atoms with Crippen molar-refractivity contribution in [2.75, 3.05) is 12.4 Å². The Morgan fingerprint density at radius 1 is 0.912 bits per heavy atom. The Kier molecular flexibility index (Phi) is 6.52. The summed E-state index contributed by atoms with van der Waals surface area (Å²) >= 11 is 0.970. The molecule has 0 fully saturated rings. The van der Waals surface area contributed by atoms with E-state index in [1.54, 1.807) is 12.1 Å². The molecule has 1 N–H and O–H groups in total. The van der Waals surface area contributed by atoms with Crippen LogP contribution in [0.5, 0.6) is 11.5 Å². The van der Waals surface area contributed by atoms with Gasteiger partial charge in [-0.25, -0.2) is 8.78 Å². The van der Waals surface area contributed by atoms with Crippen molar-refractivity contribution in [3.63, 3.8) is 0 Å². The van der Waals surface area contributed by atoms with Crippen molar-refractivity contribution >= 4 is 32.5 Å². The largest absolute Gasteiger partial charge is 0.497 e. The van der Waals surface area contributed by atoms with Gasteiger partial charge in [-0.15, -0.1) is 10.2 Å². The number of carbonyl (C=O) groups is 1. The first-order valence-corrected chi connectivity index (χ1v) is 11.8. The molecule has 8 nitrogen and oxygen atoms in total. The molecule has 0 radical (unpaired) electrons. The lowest BCUT2D eigenvalue weighted by Crippen LogP contribution is -2.15. The van der Waals surface area contributed by atoms with Crippen LogP contribution >= 0.6 is 11.3 Å². The lowest BCUT2D eigenvalue weighted by Gasteiger charge is -2.08. The third-order valence-electron chi connectivity index (χ3n) is 4.49. The number of amides is 1. The highest BCUT2D eigenvalue weighted by Crippen LogP contribution is 2.29. The first-order valence-electron chi connectivity index (χ1n) is 9.54. The van der Waals surface area contributed by atoms with Crippen molar-refractivity contribution < 1.29 is 30.9 Å². The number of hydrogen-bond acceptors (Lipinski definition) is 8. The molecular formula is C22H15F2N3O5S2. The van der Waals surface area contributed by atoms with Crippen LogP contribution in [0.3, 0.4) is 0 Å². The number of anilines is 1. The predicted octanol–water partition coefficient (Wildman–Crippen LogP) is 4.51. The third-order valence-corrected chi connectivity index (χ3v) is 6.64. The van der Waals surface area contributed by atoms with Crippen molar-refractivity contribution in [3.05, 3.63) is 83.9 Å². The summed E-state index contributed by atoms with van der Waals surface area (Å²) in [5, 5.41) is 10.5. The van der Waals surface area contributed by atoms with Gasteiger partial charge in [0, 0.05) is 5.56 Å². The highest BCUT2D eigenvalue weighted by Gasteiger charge is 2.20. The third kappa shape index (κ3) is 5.02. The first kappa shape index (κ1) is 23.3. The molecule has 34 heavy (non-hydrogen) atoms. The van der Waals surface area contributed by atoms with Crippen LogP contribution in [0.15, 0.2) is 71.6 Å². The van der Waals surface area contributed by atoms with Gasteiger partial charge in [0.15, 0.2) is 0 Å². The van der Waals surface area contributed by atoms with Gasteiger partial charge in [0.05, 0.1) is 7.11 Å². The summed E-state index contributed by atoms with van der Waals surface area (Å²) in [4.78, 5) is 12.2. The summed E-state index contributed by atoms with van der Waals surface area (Å²) in [5.74, 6) is -2.40. The second kappa shape index (κ2) is 9.53. The molecule has 12 heteroatoms. The van der Waals surface area contributed by atoms with Gasteiger partial charge in [-0.05, 0) is 60.7 Å². The Balaban J connectivity index is 1.46. The Morgan fingerprint density at radius 3 is 2.15 bits per heavy atom. The van der Waals surface area contributed by atoms with E-state index in [-0.39, 0.29) is 15.8 Å². The number of hydrogen-bond donors (Lipinski definition) is 1.